The number of esters is 2. The number of halogens is 2. The van der Waals surface area contributed by atoms with Gasteiger partial charge in [0.15, 0.2) is 0 Å². The lowest BCUT2D eigenvalue weighted by molar-refractivity contribution is -0.162. The van der Waals surface area contributed by atoms with Crippen LogP contribution in [0.5, 0.6) is 0 Å². The summed E-state index contributed by atoms with van der Waals surface area (Å²) < 4.78 is 37.1. The second kappa shape index (κ2) is 7.68. The Kier molecular flexibility index (Phi) is 6.22. The van der Waals surface area contributed by atoms with Crippen LogP contribution in [0.25, 0.3) is 0 Å². The fourth-order valence-electron chi connectivity index (χ4n) is 2.08. The molecule has 4 nitrogen and oxygen atoms in total. The summed E-state index contributed by atoms with van der Waals surface area (Å²) in [5.74, 6) is -3.79. The molecule has 1 rings (SSSR count). The number of carbonyl (C=O) groups excluding carboxylic acids is 2. The van der Waals surface area contributed by atoms with E-state index >= 15 is 0 Å². The van der Waals surface area contributed by atoms with E-state index < -0.39 is 29.0 Å². The molecule has 1 aromatic carbocycles. The van der Waals surface area contributed by atoms with E-state index in [1.807, 2.05) is 0 Å². The summed E-state index contributed by atoms with van der Waals surface area (Å²) in [6, 6.07) is 2.61. The van der Waals surface area contributed by atoms with E-state index in [2.05, 4.69) is 0 Å². The largest absolute Gasteiger partial charge is 0.465 e. The van der Waals surface area contributed by atoms with Gasteiger partial charge in [0.05, 0.1) is 13.2 Å². The molecule has 1 aromatic rings. The number of ether oxygens (including phenoxy) is 2. The highest BCUT2D eigenvalue weighted by Crippen LogP contribution is 2.32. The molecule has 0 saturated carbocycles. The van der Waals surface area contributed by atoms with E-state index in [1.165, 1.54) is 12.2 Å². The van der Waals surface area contributed by atoms with Crippen LogP contribution in [0.1, 0.15) is 26.3 Å². The first-order valence-corrected chi connectivity index (χ1v) is 6.87. The van der Waals surface area contributed by atoms with Gasteiger partial charge in [0.2, 0.25) is 5.41 Å². The maximum atomic E-state index is 14.2. The van der Waals surface area contributed by atoms with Crippen LogP contribution in [0, 0.1) is 11.6 Å². The Morgan fingerprint density at radius 3 is 2.09 bits per heavy atom. The van der Waals surface area contributed by atoms with Crippen molar-refractivity contribution in [2.75, 3.05) is 13.2 Å². The predicted molar refractivity (Wildman–Crippen MR) is 76.1 cm³/mol. The topological polar surface area (TPSA) is 52.6 Å². The highest BCUT2D eigenvalue weighted by atomic mass is 19.1. The molecule has 22 heavy (non-hydrogen) atoms. The second-order valence-electron chi connectivity index (χ2n) is 4.37. The Bertz CT molecular complexity index is 564. The van der Waals surface area contributed by atoms with Crippen molar-refractivity contribution < 1.29 is 27.8 Å². The summed E-state index contributed by atoms with van der Waals surface area (Å²) in [4.78, 5) is 24.7. The summed E-state index contributed by atoms with van der Waals surface area (Å²) in [7, 11) is 0. The fourth-order valence-corrected chi connectivity index (χ4v) is 2.08. The first kappa shape index (κ1) is 17.8. The maximum absolute atomic E-state index is 14.2. The smallest absolute Gasteiger partial charge is 0.332 e. The molecule has 0 fully saturated rings. The van der Waals surface area contributed by atoms with Gasteiger partial charge < -0.3 is 9.47 Å². The fraction of sp³-hybridized carbons (Fsp3) is 0.375. The number of allylic oxidation sites excluding steroid dienone is 1. The summed E-state index contributed by atoms with van der Waals surface area (Å²) >= 11 is 0. The summed E-state index contributed by atoms with van der Waals surface area (Å²) in [5.41, 5.74) is -2.41. The summed E-state index contributed by atoms with van der Waals surface area (Å²) in [5, 5.41) is 0. The monoisotopic (exact) mass is 312 g/mol. The predicted octanol–water partition coefficient (Wildman–Crippen LogP) is 2.90. The van der Waals surface area contributed by atoms with Gasteiger partial charge >= 0.3 is 11.9 Å². The molecular formula is C16H18F2O4. The Labute approximate surface area is 127 Å². The number of hydrogen-bond acceptors (Lipinski definition) is 4. The quantitative estimate of drug-likeness (QED) is 0.460. The van der Waals surface area contributed by atoms with Gasteiger partial charge in [0.25, 0.3) is 0 Å². The van der Waals surface area contributed by atoms with Gasteiger partial charge in [-0.3, -0.25) is 9.59 Å². The minimum Gasteiger partial charge on any atom is -0.465 e. The van der Waals surface area contributed by atoms with Crippen LogP contribution in [-0.4, -0.2) is 25.2 Å². The minimum atomic E-state index is -2.10. The average molecular weight is 312 g/mol. The van der Waals surface area contributed by atoms with Crippen LogP contribution in [-0.2, 0) is 24.5 Å². The third-order valence-electron chi connectivity index (χ3n) is 2.97. The van der Waals surface area contributed by atoms with Gasteiger partial charge in [0.1, 0.15) is 11.6 Å². The van der Waals surface area contributed by atoms with Crippen LogP contribution in [0.4, 0.5) is 8.78 Å². The van der Waals surface area contributed by atoms with Crippen LogP contribution in [0.2, 0.25) is 0 Å². The highest BCUT2D eigenvalue weighted by Gasteiger charge is 2.50. The molecule has 0 amide bonds. The van der Waals surface area contributed by atoms with Gasteiger partial charge in [-0.15, -0.1) is 0 Å². The maximum Gasteiger partial charge on any atom is 0.332 e. The zero-order valence-corrected chi connectivity index (χ0v) is 12.7. The van der Waals surface area contributed by atoms with Crippen LogP contribution in [0.15, 0.2) is 30.4 Å². The van der Waals surface area contributed by atoms with Crippen molar-refractivity contribution in [3.63, 3.8) is 0 Å². The zero-order valence-electron chi connectivity index (χ0n) is 12.7. The molecule has 6 heteroatoms. The molecule has 0 aliphatic rings. The van der Waals surface area contributed by atoms with Crippen molar-refractivity contribution in [3.8, 4) is 0 Å². The normalized spacial score (nSPS) is 11.5. The molecule has 0 saturated heterocycles. The highest BCUT2D eigenvalue weighted by molar-refractivity contribution is 6.08. The molecule has 0 atom stereocenters. The van der Waals surface area contributed by atoms with Gasteiger partial charge in [0, 0.05) is 11.6 Å². The minimum absolute atomic E-state index is 0.000354. The Balaban J connectivity index is 3.60. The standard InChI is InChI=1S/C16H18F2O4/c1-4-9-16(14(19)21-5-2,15(20)22-6-3)12-8-7-11(17)10-13(12)18/h4,7-10H,5-6H2,1-3H3. The van der Waals surface area contributed by atoms with E-state index in [0.29, 0.717) is 6.07 Å². The van der Waals surface area contributed by atoms with Crippen molar-refractivity contribution in [3.05, 3.63) is 47.5 Å². The first-order valence-electron chi connectivity index (χ1n) is 6.87. The zero-order chi connectivity index (χ0) is 16.8. The lowest BCUT2D eigenvalue weighted by atomic mass is 9.79. The Morgan fingerprint density at radius 1 is 1.14 bits per heavy atom. The van der Waals surface area contributed by atoms with Gasteiger partial charge in [-0.1, -0.05) is 18.2 Å². The van der Waals surface area contributed by atoms with E-state index in [4.69, 9.17) is 9.47 Å². The Morgan fingerprint density at radius 2 is 1.68 bits per heavy atom. The van der Waals surface area contributed by atoms with Gasteiger partial charge in [-0.05, 0) is 26.8 Å². The van der Waals surface area contributed by atoms with Gasteiger partial charge in [-0.2, -0.15) is 0 Å². The van der Waals surface area contributed by atoms with Crippen LogP contribution in [0.3, 0.4) is 0 Å². The molecule has 0 radical (unpaired) electrons. The van der Waals surface area contributed by atoms with E-state index in [-0.39, 0.29) is 18.8 Å². The van der Waals surface area contributed by atoms with Crippen molar-refractivity contribution in [1.29, 1.82) is 0 Å². The third-order valence-corrected chi connectivity index (χ3v) is 2.97. The number of rotatable bonds is 6. The van der Waals surface area contributed by atoms with Crippen molar-refractivity contribution >= 4 is 11.9 Å². The van der Waals surface area contributed by atoms with Crippen molar-refractivity contribution in [2.45, 2.75) is 26.2 Å². The average Bonchev–Trinajstić information content (AvgIpc) is 2.45. The second-order valence-corrected chi connectivity index (χ2v) is 4.37. The van der Waals surface area contributed by atoms with Crippen molar-refractivity contribution in [2.24, 2.45) is 0 Å². The van der Waals surface area contributed by atoms with Crippen LogP contribution < -0.4 is 0 Å². The molecule has 0 aromatic heterocycles. The van der Waals surface area contributed by atoms with E-state index in [0.717, 1.165) is 12.1 Å². The van der Waals surface area contributed by atoms with Gasteiger partial charge in [-0.25, -0.2) is 8.78 Å². The third kappa shape index (κ3) is 3.32. The van der Waals surface area contributed by atoms with E-state index in [1.54, 1.807) is 20.8 Å². The van der Waals surface area contributed by atoms with Crippen molar-refractivity contribution in [1.82, 2.24) is 0 Å². The molecule has 0 aliphatic carbocycles. The molecule has 0 aliphatic heterocycles. The molecule has 0 heterocycles. The van der Waals surface area contributed by atoms with Crippen LogP contribution >= 0.6 is 0 Å². The summed E-state index contributed by atoms with van der Waals surface area (Å²) in [6.45, 7) is 4.68. The number of hydrogen-bond donors (Lipinski definition) is 0. The van der Waals surface area contributed by atoms with E-state index in [9.17, 15) is 18.4 Å². The molecule has 0 unspecified atom stereocenters. The summed E-state index contributed by atoms with van der Waals surface area (Å²) in [6.07, 6.45) is 2.61. The molecule has 0 spiro atoms. The lowest BCUT2D eigenvalue weighted by Gasteiger charge is -2.27. The number of carbonyl (C=O) groups is 2. The Hall–Kier alpha value is -2.24. The molecular weight excluding hydrogens is 294 g/mol. The number of benzene rings is 1. The molecule has 120 valence electrons. The molecule has 0 N–H and O–H groups in total. The first-order chi connectivity index (χ1) is 10.4. The lowest BCUT2D eigenvalue weighted by Crippen LogP contribution is -2.45. The SMILES string of the molecule is CC=CC(C(=O)OCC)(C(=O)OCC)c1ccc(F)cc1F. The molecule has 0 bridgehead atoms.